The summed E-state index contributed by atoms with van der Waals surface area (Å²) in [6, 6.07) is 8.98. The fraction of sp³-hybridized carbons (Fsp3) is 0.0833. The molecule has 8 heteroatoms. The van der Waals surface area contributed by atoms with Crippen LogP contribution in [0.3, 0.4) is 0 Å². The van der Waals surface area contributed by atoms with Crippen LogP contribution in [0.25, 0.3) is 10.9 Å². The summed E-state index contributed by atoms with van der Waals surface area (Å²) >= 11 is 0. The molecule has 0 atom stereocenters. The number of aromatic amines is 1. The Balaban J connectivity index is 2.01. The van der Waals surface area contributed by atoms with E-state index in [1.165, 1.54) is 0 Å². The number of H-pyrrole nitrogens is 1. The molecule has 2 aromatic heterocycles. The molecular formula is C12H10N6O2. The number of tetrazole rings is 1. The normalized spacial score (nSPS) is 10.4. The number of amides is 1. The molecule has 0 unspecified atom stereocenters. The van der Waals surface area contributed by atoms with Crippen molar-refractivity contribution in [2.24, 2.45) is 0 Å². The first-order valence-electron chi connectivity index (χ1n) is 5.76. The number of fused-ring (bicyclic) bond motifs is 1. The molecule has 8 nitrogen and oxygen atoms in total. The molecule has 0 saturated heterocycles. The summed E-state index contributed by atoms with van der Waals surface area (Å²) < 4.78 is 5.28. The first-order valence-corrected chi connectivity index (χ1v) is 5.76. The number of hydrogen-bond acceptors (Lipinski definition) is 6. The minimum absolute atomic E-state index is 0.0870. The van der Waals surface area contributed by atoms with Gasteiger partial charge in [0.1, 0.15) is 11.4 Å². The van der Waals surface area contributed by atoms with Gasteiger partial charge in [-0.05, 0) is 17.3 Å². The van der Waals surface area contributed by atoms with Gasteiger partial charge in [-0.25, -0.2) is 4.98 Å². The van der Waals surface area contributed by atoms with Crippen LogP contribution in [0.4, 0.5) is 5.95 Å². The number of aromatic nitrogens is 5. The summed E-state index contributed by atoms with van der Waals surface area (Å²) in [6.07, 6.45) is 0. The molecule has 3 aromatic rings. The zero-order valence-corrected chi connectivity index (χ0v) is 10.5. The van der Waals surface area contributed by atoms with Crippen LogP contribution in [0.1, 0.15) is 10.5 Å². The van der Waals surface area contributed by atoms with E-state index in [0.717, 1.165) is 5.39 Å². The van der Waals surface area contributed by atoms with Crippen LogP contribution >= 0.6 is 0 Å². The highest BCUT2D eigenvalue weighted by Gasteiger charge is 2.14. The highest BCUT2D eigenvalue weighted by atomic mass is 16.5. The van der Waals surface area contributed by atoms with Crippen LogP contribution in [0.2, 0.25) is 0 Å². The quantitative estimate of drug-likeness (QED) is 0.735. The van der Waals surface area contributed by atoms with Crippen molar-refractivity contribution in [2.45, 2.75) is 0 Å². The first kappa shape index (κ1) is 12.0. The van der Waals surface area contributed by atoms with Crippen molar-refractivity contribution in [1.29, 1.82) is 0 Å². The first-order chi connectivity index (χ1) is 9.78. The standard InChI is InChI=1S/C12H10N6O2/c1-20-10-6-9(11(19)14-12-15-17-18-16-12)13-8-5-3-2-4-7(8)10/h2-6H,1H3,(H2,14,15,16,17,18,19). The molecule has 2 N–H and O–H groups in total. The van der Waals surface area contributed by atoms with Crippen molar-refractivity contribution >= 4 is 22.8 Å². The van der Waals surface area contributed by atoms with E-state index in [9.17, 15) is 4.79 Å². The number of nitrogens with zero attached hydrogens (tertiary/aromatic N) is 4. The van der Waals surface area contributed by atoms with Crippen molar-refractivity contribution in [1.82, 2.24) is 25.6 Å². The predicted molar refractivity (Wildman–Crippen MR) is 70.4 cm³/mol. The SMILES string of the molecule is COc1cc(C(=O)Nc2nn[nH]n2)nc2ccccc12. The maximum absolute atomic E-state index is 12.1. The van der Waals surface area contributed by atoms with Gasteiger partial charge in [-0.2, -0.15) is 5.21 Å². The molecule has 0 saturated carbocycles. The van der Waals surface area contributed by atoms with Crippen LogP contribution in [0, 0.1) is 0 Å². The van der Waals surface area contributed by atoms with E-state index in [4.69, 9.17) is 4.74 Å². The van der Waals surface area contributed by atoms with E-state index in [-0.39, 0.29) is 11.6 Å². The second kappa shape index (κ2) is 4.92. The molecule has 20 heavy (non-hydrogen) atoms. The minimum atomic E-state index is -0.435. The third-order valence-corrected chi connectivity index (χ3v) is 2.70. The molecule has 0 aliphatic rings. The lowest BCUT2D eigenvalue weighted by atomic mass is 10.2. The zero-order valence-electron chi connectivity index (χ0n) is 10.5. The van der Waals surface area contributed by atoms with Gasteiger partial charge in [-0.3, -0.25) is 10.1 Å². The van der Waals surface area contributed by atoms with Gasteiger partial charge in [0, 0.05) is 11.5 Å². The third kappa shape index (κ3) is 2.14. The summed E-state index contributed by atoms with van der Waals surface area (Å²) in [5.74, 6) is 0.230. The number of hydrogen-bond donors (Lipinski definition) is 2. The number of carbonyl (C=O) groups excluding carboxylic acids is 1. The Bertz CT molecular complexity index is 756. The third-order valence-electron chi connectivity index (χ3n) is 2.70. The molecule has 0 fully saturated rings. The fourth-order valence-corrected chi connectivity index (χ4v) is 1.81. The molecule has 0 aliphatic heterocycles. The summed E-state index contributed by atoms with van der Waals surface area (Å²) in [7, 11) is 1.54. The Kier molecular flexibility index (Phi) is 2.96. The maximum atomic E-state index is 12.1. The molecule has 1 aromatic carbocycles. The Labute approximate surface area is 113 Å². The van der Waals surface area contributed by atoms with E-state index in [0.29, 0.717) is 11.3 Å². The van der Waals surface area contributed by atoms with Crippen LogP contribution in [-0.2, 0) is 0 Å². The van der Waals surface area contributed by atoms with Gasteiger partial charge in [0.15, 0.2) is 0 Å². The number of methoxy groups -OCH3 is 1. The molecule has 0 spiro atoms. The molecule has 100 valence electrons. The fourth-order valence-electron chi connectivity index (χ4n) is 1.81. The van der Waals surface area contributed by atoms with Gasteiger partial charge in [-0.1, -0.05) is 17.2 Å². The Morgan fingerprint density at radius 3 is 2.95 bits per heavy atom. The average Bonchev–Trinajstić information content (AvgIpc) is 2.99. The Hall–Kier alpha value is -3.03. The summed E-state index contributed by atoms with van der Waals surface area (Å²) in [5, 5.41) is 16.2. The maximum Gasteiger partial charge on any atom is 0.276 e. The second-order valence-corrected chi connectivity index (χ2v) is 3.92. The molecule has 1 amide bonds. The molecule has 0 aliphatic carbocycles. The number of benzene rings is 1. The van der Waals surface area contributed by atoms with Crippen molar-refractivity contribution in [2.75, 3.05) is 12.4 Å². The minimum Gasteiger partial charge on any atom is -0.496 e. The Morgan fingerprint density at radius 2 is 2.20 bits per heavy atom. The van der Waals surface area contributed by atoms with Crippen molar-refractivity contribution in [3.8, 4) is 5.75 Å². The highest BCUT2D eigenvalue weighted by Crippen LogP contribution is 2.25. The molecule has 3 rings (SSSR count). The van der Waals surface area contributed by atoms with Gasteiger partial charge in [0.25, 0.3) is 11.9 Å². The van der Waals surface area contributed by atoms with E-state index in [1.807, 2.05) is 24.3 Å². The van der Waals surface area contributed by atoms with E-state index in [1.54, 1.807) is 13.2 Å². The van der Waals surface area contributed by atoms with Gasteiger partial charge in [0.2, 0.25) is 0 Å². The molecular weight excluding hydrogens is 260 g/mol. The lowest BCUT2D eigenvalue weighted by molar-refractivity contribution is 0.102. The summed E-state index contributed by atoms with van der Waals surface area (Å²) in [4.78, 5) is 16.4. The lowest BCUT2D eigenvalue weighted by Gasteiger charge is -2.07. The average molecular weight is 270 g/mol. The molecule has 0 radical (unpaired) electrons. The van der Waals surface area contributed by atoms with Gasteiger partial charge >= 0.3 is 0 Å². The summed E-state index contributed by atoms with van der Waals surface area (Å²) in [5.41, 5.74) is 0.885. The van der Waals surface area contributed by atoms with Crippen LogP contribution in [0.15, 0.2) is 30.3 Å². The van der Waals surface area contributed by atoms with E-state index < -0.39 is 5.91 Å². The lowest BCUT2D eigenvalue weighted by Crippen LogP contribution is -2.15. The predicted octanol–water partition coefficient (Wildman–Crippen LogP) is 1.01. The number of anilines is 1. The van der Waals surface area contributed by atoms with Gasteiger partial charge < -0.3 is 4.74 Å². The number of pyridine rings is 1. The molecule has 0 bridgehead atoms. The second-order valence-electron chi connectivity index (χ2n) is 3.92. The number of ether oxygens (including phenoxy) is 1. The topological polar surface area (TPSA) is 106 Å². The highest BCUT2D eigenvalue weighted by molar-refractivity contribution is 6.04. The van der Waals surface area contributed by atoms with Crippen LogP contribution in [0.5, 0.6) is 5.75 Å². The van der Waals surface area contributed by atoms with E-state index >= 15 is 0 Å². The summed E-state index contributed by atoms with van der Waals surface area (Å²) in [6.45, 7) is 0. The number of para-hydroxylation sites is 1. The van der Waals surface area contributed by atoms with Gasteiger partial charge in [-0.15, -0.1) is 5.10 Å². The largest absolute Gasteiger partial charge is 0.496 e. The van der Waals surface area contributed by atoms with Crippen molar-refractivity contribution < 1.29 is 9.53 Å². The van der Waals surface area contributed by atoms with E-state index in [2.05, 4.69) is 30.9 Å². The smallest absolute Gasteiger partial charge is 0.276 e. The Morgan fingerprint density at radius 1 is 1.35 bits per heavy atom. The van der Waals surface area contributed by atoms with Crippen molar-refractivity contribution in [3.63, 3.8) is 0 Å². The number of nitrogens with one attached hydrogen (secondary N) is 2. The van der Waals surface area contributed by atoms with Crippen molar-refractivity contribution in [3.05, 3.63) is 36.0 Å². The molecule has 2 heterocycles. The van der Waals surface area contributed by atoms with Crippen LogP contribution < -0.4 is 10.1 Å². The zero-order chi connectivity index (χ0) is 13.9. The monoisotopic (exact) mass is 270 g/mol. The van der Waals surface area contributed by atoms with Crippen LogP contribution in [-0.4, -0.2) is 38.6 Å². The number of rotatable bonds is 3. The van der Waals surface area contributed by atoms with Gasteiger partial charge in [0.05, 0.1) is 12.6 Å². The number of carbonyl (C=O) groups is 1.